The van der Waals surface area contributed by atoms with Gasteiger partial charge in [-0.2, -0.15) is 0 Å². The molecule has 0 radical (unpaired) electrons. The molecule has 0 aliphatic carbocycles. The van der Waals surface area contributed by atoms with Crippen LogP contribution in [0, 0.1) is 13.8 Å². The predicted octanol–water partition coefficient (Wildman–Crippen LogP) is 3.70. The van der Waals surface area contributed by atoms with Crippen molar-refractivity contribution in [2.24, 2.45) is 0 Å². The van der Waals surface area contributed by atoms with Crippen molar-refractivity contribution in [1.29, 1.82) is 0 Å². The van der Waals surface area contributed by atoms with Crippen molar-refractivity contribution < 1.29 is 9.21 Å². The number of anilines is 1. The van der Waals surface area contributed by atoms with E-state index in [1.807, 2.05) is 17.0 Å². The molecule has 5 heteroatoms. The van der Waals surface area contributed by atoms with Crippen LogP contribution >= 0.6 is 0 Å². The van der Waals surface area contributed by atoms with Crippen LogP contribution in [0.5, 0.6) is 0 Å². The fraction of sp³-hybridized carbons (Fsp3) is 0.500. The fourth-order valence-electron chi connectivity index (χ4n) is 3.63. The van der Waals surface area contributed by atoms with Gasteiger partial charge in [-0.05, 0) is 56.3 Å². The Bertz CT molecular complexity index is 772. The van der Waals surface area contributed by atoms with E-state index in [-0.39, 0.29) is 5.91 Å². The maximum absolute atomic E-state index is 12.8. The molecule has 0 unspecified atom stereocenters. The number of aryl methyl sites for hydroxylation is 1. The summed E-state index contributed by atoms with van der Waals surface area (Å²) in [5.41, 5.74) is 3.91. The van der Waals surface area contributed by atoms with Crippen LogP contribution in [-0.4, -0.2) is 55.0 Å². The van der Waals surface area contributed by atoms with Gasteiger partial charge in [0.25, 0.3) is 5.91 Å². The summed E-state index contributed by atoms with van der Waals surface area (Å²) in [5, 5.41) is 0. The molecule has 5 nitrogen and oxygen atoms in total. The van der Waals surface area contributed by atoms with Crippen LogP contribution < -0.4 is 4.90 Å². The SMILES string of the molecule is CCN(CC)Cc1ccc(C(=O)N2CCN(c3cccc(C)c3C)CC2)o1. The third-order valence-electron chi connectivity index (χ3n) is 5.63. The molecule has 0 spiro atoms. The van der Waals surface area contributed by atoms with E-state index in [4.69, 9.17) is 4.42 Å². The zero-order valence-electron chi connectivity index (χ0n) is 17.0. The van der Waals surface area contributed by atoms with Crippen LogP contribution in [0.25, 0.3) is 0 Å². The molecule has 1 aliphatic heterocycles. The Labute approximate surface area is 162 Å². The molecule has 1 aromatic carbocycles. The number of carbonyl (C=O) groups is 1. The molecule has 3 rings (SSSR count). The molecular formula is C22H31N3O2. The first kappa shape index (κ1) is 19.5. The Kier molecular flexibility index (Phi) is 6.22. The van der Waals surface area contributed by atoms with Crippen LogP contribution in [0.15, 0.2) is 34.7 Å². The van der Waals surface area contributed by atoms with E-state index < -0.39 is 0 Å². The van der Waals surface area contributed by atoms with Crippen molar-refractivity contribution in [3.8, 4) is 0 Å². The molecule has 1 fully saturated rings. The van der Waals surface area contributed by atoms with Crippen molar-refractivity contribution in [2.45, 2.75) is 34.2 Å². The largest absolute Gasteiger partial charge is 0.455 e. The van der Waals surface area contributed by atoms with Crippen LogP contribution in [0.4, 0.5) is 5.69 Å². The third-order valence-corrected chi connectivity index (χ3v) is 5.63. The highest BCUT2D eigenvalue weighted by atomic mass is 16.4. The van der Waals surface area contributed by atoms with Gasteiger partial charge in [-0.1, -0.05) is 26.0 Å². The average molecular weight is 370 g/mol. The first-order valence-corrected chi connectivity index (χ1v) is 9.95. The Morgan fingerprint density at radius 1 is 1.04 bits per heavy atom. The van der Waals surface area contributed by atoms with Crippen molar-refractivity contribution >= 4 is 11.6 Å². The van der Waals surface area contributed by atoms with Gasteiger partial charge >= 0.3 is 0 Å². The Morgan fingerprint density at radius 3 is 2.41 bits per heavy atom. The predicted molar refractivity (Wildman–Crippen MR) is 109 cm³/mol. The molecule has 27 heavy (non-hydrogen) atoms. The molecule has 0 bridgehead atoms. The Hall–Kier alpha value is -2.27. The van der Waals surface area contributed by atoms with E-state index >= 15 is 0 Å². The summed E-state index contributed by atoms with van der Waals surface area (Å²) in [4.78, 5) is 19.4. The first-order valence-electron chi connectivity index (χ1n) is 9.95. The van der Waals surface area contributed by atoms with Crippen LogP contribution in [0.2, 0.25) is 0 Å². The normalized spacial score (nSPS) is 14.9. The quantitative estimate of drug-likeness (QED) is 0.778. The van der Waals surface area contributed by atoms with E-state index in [9.17, 15) is 4.79 Å². The highest BCUT2D eigenvalue weighted by Crippen LogP contribution is 2.24. The van der Waals surface area contributed by atoms with E-state index in [1.54, 1.807) is 0 Å². The second kappa shape index (κ2) is 8.61. The Balaban J connectivity index is 1.60. The number of hydrogen-bond acceptors (Lipinski definition) is 4. The second-order valence-corrected chi connectivity index (χ2v) is 7.23. The monoisotopic (exact) mass is 369 g/mol. The summed E-state index contributed by atoms with van der Waals surface area (Å²) < 4.78 is 5.83. The van der Waals surface area contributed by atoms with Gasteiger partial charge in [-0.25, -0.2) is 0 Å². The van der Waals surface area contributed by atoms with E-state index in [0.29, 0.717) is 5.76 Å². The lowest BCUT2D eigenvalue weighted by molar-refractivity contribution is 0.0711. The Morgan fingerprint density at radius 2 is 1.74 bits per heavy atom. The lowest BCUT2D eigenvalue weighted by Crippen LogP contribution is -2.49. The van der Waals surface area contributed by atoms with Gasteiger partial charge in [-0.3, -0.25) is 9.69 Å². The number of carbonyl (C=O) groups excluding carboxylic acids is 1. The van der Waals surface area contributed by atoms with Gasteiger partial charge in [0.05, 0.1) is 6.54 Å². The van der Waals surface area contributed by atoms with Crippen molar-refractivity contribution in [1.82, 2.24) is 9.80 Å². The molecule has 1 aliphatic rings. The highest BCUT2D eigenvalue weighted by molar-refractivity contribution is 5.91. The average Bonchev–Trinajstić information content (AvgIpc) is 3.16. The minimum atomic E-state index is 0.00131. The first-order chi connectivity index (χ1) is 13.0. The van der Waals surface area contributed by atoms with Crippen molar-refractivity contribution in [3.63, 3.8) is 0 Å². The maximum Gasteiger partial charge on any atom is 0.289 e. The minimum Gasteiger partial charge on any atom is -0.455 e. The van der Waals surface area contributed by atoms with Crippen LogP contribution in [0.1, 0.15) is 41.3 Å². The number of furan rings is 1. The second-order valence-electron chi connectivity index (χ2n) is 7.23. The van der Waals surface area contributed by atoms with Gasteiger partial charge in [0.1, 0.15) is 5.76 Å². The van der Waals surface area contributed by atoms with Gasteiger partial charge in [0.2, 0.25) is 0 Å². The van der Waals surface area contributed by atoms with E-state index in [1.165, 1.54) is 16.8 Å². The molecule has 2 heterocycles. The molecule has 0 N–H and O–H groups in total. The van der Waals surface area contributed by atoms with E-state index in [0.717, 1.165) is 51.6 Å². The standard InChI is InChI=1S/C22H31N3O2/c1-5-23(6-2)16-19-10-11-21(27-19)22(26)25-14-12-24(13-15-25)20-9-7-8-17(3)18(20)4/h7-11H,5-6,12-16H2,1-4H3. The van der Waals surface area contributed by atoms with Gasteiger partial charge < -0.3 is 14.2 Å². The lowest BCUT2D eigenvalue weighted by Gasteiger charge is -2.36. The van der Waals surface area contributed by atoms with Gasteiger partial charge in [0.15, 0.2) is 5.76 Å². The number of hydrogen-bond donors (Lipinski definition) is 0. The molecule has 0 atom stereocenters. The van der Waals surface area contributed by atoms with Crippen LogP contribution in [0.3, 0.4) is 0 Å². The zero-order chi connectivity index (χ0) is 19.4. The molecule has 1 amide bonds. The highest BCUT2D eigenvalue weighted by Gasteiger charge is 2.25. The fourth-order valence-corrected chi connectivity index (χ4v) is 3.63. The summed E-state index contributed by atoms with van der Waals surface area (Å²) in [6.07, 6.45) is 0. The molecule has 1 aromatic heterocycles. The summed E-state index contributed by atoms with van der Waals surface area (Å²) in [6.45, 7) is 14.4. The number of piperazine rings is 1. The zero-order valence-corrected chi connectivity index (χ0v) is 17.0. The van der Waals surface area contributed by atoms with Crippen LogP contribution in [-0.2, 0) is 6.54 Å². The topological polar surface area (TPSA) is 39.9 Å². The summed E-state index contributed by atoms with van der Waals surface area (Å²) >= 11 is 0. The molecule has 146 valence electrons. The number of nitrogens with zero attached hydrogens (tertiary/aromatic N) is 3. The number of rotatable bonds is 6. The van der Waals surface area contributed by atoms with Gasteiger partial charge in [-0.15, -0.1) is 0 Å². The number of amides is 1. The molecule has 1 saturated heterocycles. The summed E-state index contributed by atoms with van der Waals surface area (Å²) in [5.74, 6) is 1.31. The maximum atomic E-state index is 12.8. The molecular weight excluding hydrogens is 338 g/mol. The number of benzene rings is 1. The van der Waals surface area contributed by atoms with Crippen molar-refractivity contribution in [3.05, 3.63) is 53.0 Å². The van der Waals surface area contributed by atoms with Crippen molar-refractivity contribution in [2.75, 3.05) is 44.2 Å². The third kappa shape index (κ3) is 4.35. The molecule has 2 aromatic rings. The van der Waals surface area contributed by atoms with E-state index in [2.05, 4.69) is 55.7 Å². The minimum absolute atomic E-state index is 0.00131. The smallest absolute Gasteiger partial charge is 0.289 e. The summed E-state index contributed by atoms with van der Waals surface area (Å²) in [6, 6.07) is 10.2. The molecule has 0 saturated carbocycles. The lowest BCUT2D eigenvalue weighted by atomic mass is 10.1. The van der Waals surface area contributed by atoms with Gasteiger partial charge in [0, 0.05) is 31.9 Å². The summed E-state index contributed by atoms with van der Waals surface area (Å²) in [7, 11) is 0.